The Labute approximate surface area is 167 Å². The lowest BCUT2D eigenvalue weighted by molar-refractivity contribution is 0.844. The first-order valence-corrected chi connectivity index (χ1v) is 9.64. The van der Waals surface area contributed by atoms with Crippen molar-refractivity contribution >= 4 is 18.4 Å². The minimum atomic E-state index is 0.446. The molecule has 0 aliphatic heterocycles. The van der Waals surface area contributed by atoms with E-state index < -0.39 is 0 Å². The van der Waals surface area contributed by atoms with Gasteiger partial charge >= 0.3 is 0 Å². The fourth-order valence-electron chi connectivity index (χ4n) is 3.57. The number of fused-ring (bicyclic) bond motifs is 1. The highest BCUT2D eigenvalue weighted by atomic mass is 32.1. The summed E-state index contributed by atoms with van der Waals surface area (Å²) in [4.78, 5) is 0. The molecule has 0 spiro atoms. The van der Waals surface area contributed by atoms with Gasteiger partial charge in [0.15, 0.2) is 0 Å². The van der Waals surface area contributed by atoms with Gasteiger partial charge in [0.2, 0.25) is 10.6 Å². The third-order valence-electron chi connectivity index (χ3n) is 5.01. The molecule has 4 aromatic rings. The van der Waals surface area contributed by atoms with Crippen LogP contribution in [0.2, 0.25) is 0 Å². The molecule has 2 heterocycles. The van der Waals surface area contributed by atoms with Gasteiger partial charge in [-0.1, -0.05) is 54.6 Å². The summed E-state index contributed by atoms with van der Waals surface area (Å²) in [7, 11) is 0. The van der Waals surface area contributed by atoms with Gasteiger partial charge in [0.1, 0.15) is 5.69 Å². The molecular formula is C21H18N6S. The highest BCUT2D eigenvalue weighted by molar-refractivity contribution is 7.71. The molecule has 0 fully saturated rings. The minimum absolute atomic E-state index is 0.446. The molecule has 0 atom stereocenters. The molecule has 7 heteroatoms. The Morgan fingerprint density at radius 2 is 1.71 bits per heavy atom. The summed E-state index contributed by atoms with van der Waals surface area (Å²) in [5.74, 6) is 0.640. The summed E-state index contributed by atoms with van der Waals surface area (Å²) in [5.41, 5.74) is 6.59. The predicted molar refractivity (Wildman–Crippen MR) is 112 cm³/mol. The molecular weight excluding hydrogens is 368 g/mol. The quantitative estimate of drug-likeness (QED) is 0.404. The number of aromatic nitrogens is 5. The molecule has 0 saturated heterocycles. The molecule has 28 heavy (non-hydrogen) atoms. The van der Waals surface area contributed by atoms with Gasteiger partial charge in [0, 0.05) is 11.3 Å². The highest BCUT2D eigenvalue weighted by Gasteiger charge is 2.23. The molecule has 138 valence electrons. The number of rotatable bonds is 4. The predicted octanol–water partition coefficient (Wildman–Crippen LogP) is 4.37. The minimum Gasteiger partial charge on any atom is -0.282 e. The van der Waals surface area contributed by atoms with Crippen LogP contribution in [-0.2, 0) is 12.8 Å². The fourth-order valence-corrected chi connectivity index (χ4v) is 3.75. The normalized spacial score (nSPS) is 13.3. The number of aromatic amines is 2. The van der Waals surface area contributed by atoms with Gasteiger partial charge in [0.25, 0.3) is 0 Å². The Morgan fingerprint density at radius 3 is 2.54 bits per heavy atom. The molecule has 2 aromatic heterocycles. The monoisotopic (exact) mass is 386 g/mol. The van der Waals surface area contributed by atoms with Crippen molar-refractivity contribution in [3.05, 3.63) is 76.2 Å². The maximum Gasteiger partial charge on any atom is 0.216 e. The van der Waals surface area contributed by atoms with Gasteiger partial charge in [-0.3, -0.25) is 5.10 Å². The van der Waals surface area contributed by atoms with Crippen molar-refractivity contribution in [3.8, 4) is 22.6 Å². The van der Waals surface area contributed by atoms with Crippen LogP contribution in [-0.4, -0.2) is 31.3 Å². The number of hydrogen-bond acceptors (Lipinski definition) is 4. The molecule has 0 amide bonds. The smallest absolute Gasteiger partial charge is 0.216 e. The topological polar surface area (TPSA) is 74.7 Å². The summed E-state index contributed by atoms with van der Waals surface area (Å²) < 4.78 is 2.08. The number of benzene rings is 2. The van der Waals surface area contributed by atoms with Crippen molar-refractivity contribution in [2.75, 3.05) is 0 Å². The zero-order valence-electron chi connectivity index (χ0n) is 15.1. The molecule has 0 radical (unpaired) electrons. The summed E-state index contributed by atoms with van der Waals surface area (Å²) in [6.07, 6.45) is 4.96. The maximum absolute atomic E-state index is 5.37. The third kappa shape index (κ3) is 2.99. The van der Waals surface area contributed by atoms with Crippen molar-refractivity contribution in [2.24, 2.45) is 5.10 Å². The highest BCUT2D eigenvalue weighted by Crippen LogP contribution is 2.29. The zero-order valence-corrected chi connectivity index (χ0v) is 15.9. The van der Waals surface area contributed by atoms with Crippen molar-refractivity contribution in [2.45, 2.75) is 19.3 Å². The summed E-state index contributed by atoms with van der Waals surface area (Å²) >= 11 is 5.37. The van der Waals surface area contributed by atoms with Crippen molar-refractivity contribution in [1.82, 2.24) is 25.1 Å². The molecule has 1 aliphatic rings. The van der Waals surface area contributed by atoms with Crippen LogP contribution in [0.3, 0.4) is 0 Å². The molecule has 0 bridgehead atoms. The van der Waals surface area contributed by atoms with E-state index in [9.17, 15) is 0 Å². The lowest BCUT2D eigenvalue weighted by Gasteiger charge is -2.02. The molecule has 6 nitrogen and oxygen atoms in total. The van der Waals surface area contributed by atoms with E-state index in [0.29, 0.717) is 10.6 Å². The van der Waals surface area contributed by atoms with Crippen LogP contribution < -0.4 is 0 Å². The van der Waals surface area contributed by atoms with Crippen LogP contribution in [0.1, 0.15) is 23.2 Å². The second-order valence-electron chi connectivity index (χ2n) is 6.78. The van der Waals surface area contributed by atoms with Crippen LogP contribution in [0, 0.1) is 4.77 Å². The molecule has 0 saturated carbocycles. The second kappa shape index (κ2) is 7.01. The van der Waals surface area contributed by atoms with E-state index in [1.54, 1.807) is 10.9 Å². The Balaban J connectivity index is 1.44. The van der Waals surface area contributed by atoms with E-state index in [4.69, 9.17) is 12.2 Å². The van der Waals surface area contributed by atoms with E-state index >= 15 is 0 Å². The van der Waals surface area contributed by atoms with Gasteiger partial charge in [0.05, 0.1) is 6.21 Å². The summed E-state index contributed by atoms with van der Waals surface area (Å²) in [6, 6.07) is 18.6. The van der Waals surface area contributed by atoms with Crippen LogP contribution in [0.25, 0.3) is 22.6 Å². The average molecular weight is 386 g/mol. The van der Waals surface area contributed by atoms with Crippen LogP contribution in [0.4, 0.5) is 0 Å². The van der Waals surface area contributed by atoms with Gasteiger partial charge in [-0.05, 0) is 48.2 Å². The number of aryl methyl sites for hydroxylation is 1. The lowest BCUT2D eigenvalue weighted by Crippen LogP contribution is -1.97. The van der Waals surface area contributed by atoms with Gasteiger partial charge < -0.3 is 0 Å². The molecule has 1 aliphatic carbocycles. The first kappa shape index (κ1) is 16.8. The molecule has 2 aromatic carbocycles. The number of nitrogens with one attached hydrogen (secondary N) is 2. The maximum atomic E-state index is 5.37. The van der Waals surface area contributed by atoms with E-state index in [-0.39, 0.29) is 0 Å². The van der Waals surface area contributed by atoms with E-state index in [0.717, 1.165) is 30.5 Å². The van der Waals surface area contributed by atoms with Crippen molar-refractivity contribution < 1.29 is 0 Å². The fraction of sp³-hybridized carbons (Fsp3) is 0.143. The second-order valence-corrected chi connectivity index (χ2v) is 7.17. The van der Waals surface area contributed by atoms with Gasteiger partial charge in [-0.25, -0.2) is 5.10 Å². The number of hydrogen-bond donors (Lipinski definition) is 2. The molecule has 5 rings (SSSR count). The molecule has 0 unspecified atom stereocenters. The first-order chi connectivity index (χ1) is 13.8. The van der Waals surface area contributed by atoms with Crippen LogP contribution in [0.5, 0.6) is 0 Å². The summed E-state index contributed by atoms with van der Waals surface area (Å²) in [5, 5.41) is 19.3. The largest absolute Gasteiger partial charge is 0.282 e. The Hall–Kier alpha value is -3.32. The zero-order chi connectivity index (χ0) is 18.9. The average Bonchev–Trinajstić information content (AvgIpc) is 3.44. The Bertz CT molecular complexity index is 1200. The van der Waals surface area contributed by atoms with Gasteiger partial charge in [-0.15, -0.1) is 0 Å². The van der Waals surface area contributed by atoms with E-state index in [1.807, 2.05) is 30.3 Å². The Kier molecular flexibility index (Phi) is 4.21. The van der Waals surface area contributed by atoms with Crippen LogP contribution >= 0.6 is 12.2 Å². The number of H-pyrrole nitrogens is 2. The lowest BCUT2D eigenvalue weighted by atomic mass is 10.0. The number of nitrogens with zero attached hydrogens (tertiary/aromatic N) is 4. The summed E-state index contributed by atoms with van der Waals surface area (Å²) in [6.45, 7) is 0. The third-order valence-corrected chi connectivity index (χ3v) is 5.27. The Morgan fingerprint density at radius 1 is 0.929 bits per heavy atom. The standard InChI is InChI=1S/C21H18N6S/c28-21-26-25-20(19-17-7-4-8-18(17)23-24-19)27(21)22-13-14-9-11-16(12-10-14)15-5-2-1-3-6-15/h1-3,5-6,9-13H,4,7-8H2,(H,23,24)(H,26,28)/b22-13-. The van der Waals surface area contributed by atoms with Crippen LogP contribution in [0.15, 0.2) is 59.7 Å². The van der Waals surface area contributed by atoms with E-state index in [1.165, 1.54) is 22.4 Å². The molecule has 2 N–H and O–H groups in total. The van der Waals surface area contributed by atoms with Crippen molar-refractivity contribution in [3.63, 3.8) is 0 Å². The van der Waals surface area contributed by atoms with Crippen molar-refractivity contribution in [1.29, 1.82) is 0 Å². The van der Waals surface area contributed by atoms with Gasteiger partial charge in [-0.2, -0.15) is 20.0 Å². The first-order valence-electron chi connectivity index (χ1n) is 9.23. The van der Waals surface area contributed by atoms with E-state index in [2.05, 4.69) is 49.8 Å². The SMILES string of the molecule is S=c1[nH]nc(-c2n[nH]c3c2CCC3)n1/N=C\c1ccc(-c2ccccc2)cc1.